The summed E-state index contributed by atoms with van der Waals surface area (Å²) in [6.07, 6.45) is 1.44. The molecule has 1 aliphatic rings. The number of hydrogen-bond donors (Lipinski definition) is 1. The van der Waals surface area contributed by atoms with E-state index < -0.39 is 10.0 Å². The third kappa shape index (κ3) is 2.12. The van der Waals surface area contributed by atoms with Gasteiger partial charge >= 0.3 is 0 Å². The Morgan fingerprint density at radius 2 is 2.29 bits per heavy atom. The smallest absolute Gasteiger partial charge is 0.263 e. The van der Waals surface area contributed by atoms with E-state index in [9.17, 15) is 13.5 Å². The van der Waals surface area contributed by atoms with Gasteiger partial charge in [-0.2, -0.15) is 4.31 Å². The molecule has 0 amide bonds. The van der Waals surface area contributed by atoms with Crippen LogP contribution < -0.4 is 0 Å². The summed E-state index contributed by atoms with van der Waals surface area (Å²) in [7, 11) is -2.13. The molecule has 0 radical (unpaired) electrons. The Kier molecular flexibility index (Phi) is 3.53. The van der Waals surface area contributed by atoms with Crippen LogP contribution in [0.25, 0.3) is 0 Å². The lowest BCUT2D eigenvalue weighted by Crippen LogP contribution is -2.38. The van der Waals surface area contributed by atoms with Crippen LogP contribution in [-0.4, -0.2) is 52.0 Å². The molecule has 1 N–H and O–H groups in total. The summed E-state index contributed by atoms with van der Waals surface area (Å²) in [4.78, 5) is 0. The summed E-state index contributed by atoms with van der Waals surface area (Å²) in [6.45, 7) is 0.257. The quantitative estimate of drug-likeness (QED) is 0.826. The van der Waals surface area contributed by atoms with Crippen LogP contribution in [0.5, 0.6) is 0 Å². The van der Waals surface area contributed by atoms with Crippen molar-refractivity contribution in [2.75, 3.05) is 13.2 Å². The van der Waals surface area contributed by atoms with E-state index in [1.54, 1.807) is 0 Å². The molecule has 1 aliphatic heterocycles. The number of halogens is 1. The largest absolute Gasteiger partial charge is 0.395 e. The van der Waals surface area contributed by atoms with Gasteiger partial charge in [-0.3, -0.25) is 0 Å². The SMILES string of the molecule is Cn1nnc(Br)c1S(=O)(=O)N1CCC[C@@H]1CO. The molecule has 1 fully saturated rings. The van der Waals surface area contributed by atoms with Crippen molar-refractivity contribution in [2.45, 2.75) is 23.9 Å². The van der Waals surface area contributed by atoms with Crippen molar-refractivity contribution in [2.24, 2.45) is 7.05 Å². The van der Waals surface area contributed by atoms with Gasteiger partial charge in [-0.1, -0.05) is 5.21 Å². The fraction of sp³-hybridized carbons (Fsp3) is 0.750. The summed E-state index contributed by atoms with van der Waals surface area (Å²) in [5, 5.41) is 16.5. The number of sulfonamides is 1. The van der Waals surface area contributed by atoms with E-state index in [4.69, 9.17) is 0 Å². The average Bonchev–Trinajstić information content (AvgIpc) is 2.85. The van der Waals surface area contributed by atoms with E-state index in [-0.39, 0.29) is 22.3 Å². The number of rotatable bonds is 3. The zero-order chi connectivity index (χ0) is 12.6. The van der Waals surface area contributed by atoms with Crippen molar-refractivity contribution >= 4 is 26.0 Å². The Labute approximate surface area is 108 Å². The van der Waals surface area contributed by atoms with Crippen molar-refractivity contribution < 1.29 is 13.5 Å². The normalized spacial score (nSPS) is 22.2. The number of aromatic nitrogens is 3. The molecule has 1 aromatic heterocycles. The lowest BCUT2D eigenvalue weighted by Gasteiger charge is -2.21. The summed E-state index contributed by atoms with van der Waals surface area (Å²) in [6, 6.07) is -0.346. The lowest BCUT2D eigenvalue weighted by atomic mass is 10.2. The van der Waals surface area contributed by atoms with Crippen LogP contribution in [0.2, 0.25) is 0 Å². The van der Waals surface area contributed by atoms with Gasteiger partial charge < -0.3 is 5.11 Å². The second-order valence-corrected chi connectivity index (χ2v) is 6.46. The highest BCUT2D eigenvalue weighted by Crippen LogP contribution is 2.28. The van der Waals surface area contributed by atoms with Crippen LogP contribution >= 0.6 is 15.9 Å². The fourth-order valence-corrected chi connectivity index (χ4v) is 4.74. The van der Waals surface area contributed by atoms with Crippen LogP contribution in [0.15, 0.2) is 9.63 Å². The first kappa shape index (κ1) is 12.9. The van der Waals surface area contributed by atoms with Crippen LogP contribution in [0.4, 0.5) is 0 Å². The van der Waals surface area contributed by atoms with E-state index in [0.717, 1.165) is 6.42 Å². The minimum absolute atomic E-state index is 0.0258. The van der Waals surface area contributed by atoms with Gasteiger partial charge in [0.05, 0.1) is 6.61 Å². The van der Waals surface area contributed by atoms with Crippen molar-refractivity contribution in [3.05, 3.63) is 4.60 Å². The number of aliphatic hydroxyl groups excluding tert-OH is 1. The predicted octanol–water partition coefficient (Wildman–Crippen LogP) is -0.277. The molecule has 1 atom stereocenters. The molecule has 1 aromatic rings. The number of hydrogen-bond acceptors (Lipinski definition) is 5. The van der Waals surface area contributed by atoms with Crippen molar-refractivity contribution in [3.8, 4) is 0 Å². The number of aryl methyl sites for hydroxylation is 1. The van der Waals surface area contributed by atoms with Gasteiger partial charge in [0.15, 0.2) is 4.60 Å². The Morgan fingerprint density at radius 3 is 2.82 bits per heavy atom. The maximum Gasteiger partial charge on any atom is 0.263 e. The molecule has 0 saturated carbocycles. The molecule has 2 heterocycles. The molecule has 9 heteroatoms. The fourth-order valence-electron chi connectivity index (χ4n) is 2.02. The van der Waals surface area contributed by atoms with E-state index in [1.807, 2.05) is 0 Å². The molecule has 1 saturated heterocycles. The van der Waals surface area contributed by atoms with Gasteiger partial charge in [0.25, 0.3) is 10.0 Å². The molecule has 2 rings (SSSR count). The third-order valence-electron chi connectivity index (χ3n) is 2.82. The minimum Gasteiger partial charge on any atom is -0.395 e. The Bertz CT molecular complexity index is 495. The molecule has 7 nitrogen and oxygen atoms in total. The van der Waals surface area contributed by atoms with E-state index in [0.29, 0.717) is 13.0 Å². The summed E-state index contributed by atoms with van der Waals surface area (Å²) in [5.74, 6) is 0. The summed E-state index contributed by atoms with van der Waals surface area (Å²) < 4.78 is 27.5. The zero-order valence-electron chi connectivity index (χ0n) is 9.24. The molecule has 96 valence electrons. The molecule has 0 unspecified atom stereocenters. The van der Waals surface area contributed by atoms with Gasteiger partial charge in [0, 0.05) is 19.6 Å². The standard InChI is InChI=1S/C8H13BrN4O3S/c1-12-8(7(9)10-11-12)17(15,16)13-4-2-3-6(13)5-14/h6,14H,2-5H2,1H3/t6-/m1/s1. The minimum atomic E-state index is -3.65. The zero-order valence-corrected chi connectivity index (χ0v) is 11.6. The summed E-state index contributed by atoms with van der Waals surface area (Å²) >= 11 is 3.08. The van der Waals surface area contributed by atoms with E-state index in [2.05, 4.69) is 26.2 Å². The molecule has 0 spiro atoms. The highest BCUT2D eigenvalue weighted by Gasteiger charge is 2.38. The van der Waals surface area contributed by atoms with Crippen LogP contribution in [0.1, 0.15) is 12.8 Å². The van der Waals surface area contributed by atoms with Gasteiger partial charge in [0.2, 0.25) is 5.03 Å². The lowest BCUT2D eigenvalue weighted by molar-refractivity contribution is 0.213. The van der Waals surface area contributed by atoms with Gasteiger partial charge in [-0.25, -0.2) is 13.1 Å². The third-order valence-corrected chi connectivity index (χ3v) is 5.67. The molecular weight excluding hydrogens is 312 g/mol. The monoisotopic (exact) mass is 324 g/mol. The predicted molar refractivity (Wildman–Crippen MR) is 62.7 cm³/mol. The first-order chi connectivity index (χ1) is 7.98. The molecule has 0 aliphatic carbocycles. The van der Waals surface area contributed by atoms with Gasteiger partial charge in [-0.15, -0.1) is 5.10 Å². The maximum absolute atomic E-state index is 12.4. The van der Waals surface area contributed by atoms with Crippen molar-refractivity contribution in [1.29, 1.82) is 0 Å². The van der Waals surface area contributed by atoms with Crippen LogP contribution in [0.3, 0.4) is 0 Å². The first-order valence-corrected chi connectivity index (χ1v) is 7.39. The highest BCUT2D eigenvalue weighted by molar-refractivity contribution is 9.10. The summed E-state index contributed by atoms with van der Waals surface area (Å²) in [5.41, 5.74) is 0. The topological polar surface area (TPSA) is 88.3 Å². The van der Waals surface area contributed by atoms with Crippen molar-refractivity contribution in [3.63, 3.8) is 0 Å². The molecule has 0 aromatic carbocycles. The Balaban J connectivity index is 2.43. The van der Waals surface area contributed by atoms with Gasteiger partial charge in [0.1, 0.15) is 0 Å². The van der Waals surface area contributed by atoms with Gasteiger partial charge in [-0.05, 0) is 28.8 Å². The Morgan fingerprint density at radius 1 is 1.59 bits per heavy atom. The average molecular weight is 325 g/mol. The van der Waals surface area contributed by atoms with Crippen LogP contribution in [0, 0.1) is 0 Å². The highest BCUT2D eigenvalue weighted by atomic mass is 79.9. The molecular formula is C8H13BrN4O3S. The van der Waals surface area contributed by atoms with E-state index in [1.165, 1.54) is 16.0 Å². The van der Waals surface area contributed by atoms with Crippen LogP contribution in [-0.2, 0) is 17.1 Å². The maximum atomic E-state index is 12.4. The molecule has 0 bridgehead atoms. The first-order valence-electron chi connectivity index (χ1n) is 5.16. The van der Waals surface area contributed by atoms with Crippen molar-refractivity contribution in [1.82, 2.24) is 19.3 Å². The number of aliphatic hydroxyl groups is 1. The molecule has 17 heavy (non-hydrogen) atoms. The second-order valence-electron chi connectivity index (χ2n) is 3.90. The number of nitrogens with zero attached hydrogens (tertiary/aromatic N) is 4. The second kappa shape index (κ2) is 4.63. The van der Waals surface area contributed by atoms with E-state index >= 15 is 0 Å². The Hall–Kier alpha value is -0.510.